The number of aliphatic hydroxyl groups is 2. The zero-order valence-corrected chi connectivity index (χ0v) is 20.3. The molecule has 1 aliphatic rings. The first-order valence-electron chi connectivity index (χ1n) is 12.2. The van der Waals surface area contributed by atoms with Gasteiger partial charge in [-0.05, 0) is 16.7 Å². The van der Waals surface area contributed by atoms with Crippen LogP contribution in [0.15, 0.2) is 104 Å². The molecule has 3 aromatic rings. The molecular weight excluding hydrogens is 456 g/mol. The molecule has 0 amide bonds. The summed E-state index contributed by atoms with van der Waals surface area (Å²) in [6, 6.07) is 29.1. The van der Waals surface area contributed by atoms with E-state index in [4.69, 9.17) is 18.9 Å². The Labute approximate surface area is 212 Å². The number of aliphatic hydroxyl groups excluding tert-OH is 1. The van der Waals surface area contributed by atoms with Gasteiger partial charge in [0.2, 0.25) is 0 Å². The van der Waals surface area contributed by atoms with Gasteiger partial charge in [-0.1, -0.05) is 97.1 Å². The average molecular weight is 491 g/mol. The Morgan fingerprint density at radius 1 is 0.778 bits per heavy atom. The molecular formula is C30H34O6. The molecule has 5 atom stereocenters. The standard InChI is InChI=1S/C30H34O6/c1-2-18-30(32)29(35-21-25-16-10-5-11-17-25)28(34-20-24-14-8-4-9-15-24)27(31)26(36-30)22-33-19-23-12-6-3-7-13-23/h2-17,26-29,31-32H,1,18-22H2/t26-,27-,28+,29-,30?/m1/s1. The van der Waals surface area contributed by atoms with Gasteiger partial charge in [-0.15, -0.1) is 6.58 Å². The van der Waals surface area contributed by atoms with Crippen LogP contribution in [0, 0.1) is 0 Å². The molecule has 0 aliphatic carbocycles. The van der Waals surface area contributed by atoms with Crippen molar-refractivity contribution in [2.75, 3.05) is 6.61 Å². The molecule has 0 saturated carbocycles. The summed E-state index contributed by atoms with van der Waals surface area (Å²) in [7, 11) is 0. The van der Waals surface area contributed by atoms with Gasteiger partial charge < -0.3 is 29.2 Å². The van der Waals surface area contributed by atoms with Crippen molar-refractivity contribution >= 4 is 0 Å². The van der Waals surface area contributed by atoms with Crippen LogP contribution in [0.4, 0.5) is 0 Å². The van der Waals surface area contributed by atoms with Crippen molar-refractivity contribution in [3.63, 3.8) is 0 Å². The van der Waals surface area contributed by atoms with Gasteiger partial charge >= 0.3 is 0 Å². The van der Waals surface area contributed by atoms with Crippen molar-refractivity contribution in [3.05, 3.63) is 120 Å². The molecule has 190 valence electrons. The average Bonchev–Trinajstić information content (AvgIpc) is 2.91. The van der Waals surface area contributed by atoms with E-state index in [1.807, 2.05) is 91.0 Å². The van der Waals surface area contributed by atoms with Crippen molar-refractivity contribution in [3.8, 4) is 0 Å². The Bertz CT molecular complexity index is 1040. The van der Waals surface area contributed by atoms with Crippen molar-refractivity contribution in [1.82, 2.24) is 0 Å². The molecule has 1 fully saturated rings. The zero-order chi connectivity index (χ0) is 25.2. The van der Waals surface area contributed by atoms with Crippen molar-refractivity contribution in [2.24, 2.45) is 0 Å². The highest BCUT2D eigenvalue weighted by atomic mass is 16.7. The topological polar surface area (TPSA) is 77.4 Å². The number of hydrogen-bond donors (Lipinski definition) is 2. The molecule has 4 rings (SSSR count). The first-order valence-corrected chi connectivity index (χ1v) is 12.2. The van der Waals surface area contributed by atoms with E-state index in [-0.39, 0.29) is 26.2 Å². The lowest BCUT2D eigenvalue weighted by molar-refractivity contribution is -0.364. The third kappa shape index (κ3) is 6.89. The Morgan fingerprint density at radius 3 is 1.81 bits per heavy atom. The maximum absolute atomic E-state index is 11.6. The predicted molar refractivity (Wildman–Crippen MR) is 137 cm³/mol. The van der Waals surface area contributed by atoms with Gasteiger partial charge in [-0.3, -0.25) is 0 Å². The molecule has 6 nitrogen and oxygen atoms in total. The van der Waals surface area contributed by atoms with E-state index in [1.165, 1.54) is 0 Å². The summed E-state index contributed by atoms with van der Waals surface area (Å²) in [4.78, 5) is 0. The Kier molecular flexibility index (Phi) is 9.41. The van der Waals surface area contributed by atoms with Gasteiger partial charge in [0.25, 0.3) is 0 Å². The highest BCUT2D eigenvalue weighted by Gasteiger charge is 2.54. The second kappa shape index (κ2) is 12.9. The van der Waals surface area contributed by atoms with Crippen LogP contribution < -0.4 is 0 Å². The molecule has 0 spiro atoms. The van der Waals surface area contributed by atoms with E-state index in [9.17, 15) is 10.2 Å². The van der Waals surface area contributed by atoms with Crippen LogP contribution in [0.1, 0.15) is 23.1 Å². The number of hydrogen-bond acceptors (Lipinski definition) is 6. The van der Waals surface area contributed by atoms with E-state index in [2.05, 4.69) is 6.58 Å². The van der Waals surface area contributed by atoms with Gasteiger partial charge in [0.1, 0.15) is 24.4 Å². The molecule has 3 aromatic carbocycles. The number of benzene rings is 3. The molecule has 36 heavy (non-hydrogen) atoms. The highest BCUT2D eigenvalue weighted by molar-refractivity contribution is 5.15. The predicted octanol–water partition coefficient (Wildman–Crippen LogP) is 4.40. The monoisotopic (exact) mass is 490 g/mol. The van der Waals surface area contributed by atoms with Crippen LogP contribution in [0.5, 0.6) is 0 Å². The lowest BCUT2D eigenvalue weighted by Crippen LogP contribution is -2.66. The van der Waals surface area contributed by atoms with Crippen LogP contribution in [-0.2, 0) is 38.8 Å². The SMILES string of the molecule is C=CCC1(O)O[C@H](COCc2ccccc2)[C@@H](O)[C@H](OCc2ccccc2)[C@H]1OCc1ccccc1. The van der Waals surface area contributed by atoms with Crippen LogP contribution >= 0.6 is 0 Å². The van der Waals surface area contributed by atoms with E-state index >= 15 is 0 Å². The fraction of sp³-hybridized carbons (Fsp3) is 0.333. The van der Waals surface area contributed by atoms with E-state index in [0.717, 1.165) is 16.7 Å². The molecule has 1 aliphatic heterocycles. The van der Waals surface area contributed by atoms with Gasteiger partial charge in [-0.2, -0.15) is 0 Å². The number of rotatable bonds is 12. The van der Waals surface area contributed by atoms with Crippen LogP contribution in [-0.4, -0.2) is 47.0 Å². The second-order valence-electron chi connectivity index (χ2n) is 8.96. The summed E-state index contributed by atoms with van der Waals surface area (Å²) in [5.74, 6) is -1.75. The van der Waals surface area contributed by atoms with E-state index in [1.54, 1.807) is 6.08 Å². The van der Waals surface area contributed by atoms with Gasteiger partial charge in [0.15, 0.2) is 5.79 Å². The summed E-state index contributed by atoms with van der Waals surface area (Å²) in [6.45, 7) is 4.69. The first-order chi connectivity index (χ1) is 17.6. The molecule has 1 unspecified atom stereocenters. The Morgan fingerprint density at radius 2 is 1.28 bits per heavy atom. The van der Waals surface area contributed by atoms with Crippen LogP contribution in [0.2, 0.25) is 0 Å². The summed E-state index contributed by atoms with van der Waals surface area (Å²) >= 11 is 0. The van der Waals surface area contributed by atoms with Gasteiger partial charge in [0, 0.05) is 6.42 Å². The third-order valence-electron chi connectivity index (χ3n) is 6.20. The largest absolute Gasteiger partial charge is 0.387 e. The lowest BCUT2D eigenvalue weighted by Gasteiger charge is -2.48. The van der Waals surface area contributed by atoms with Gasteiger partial charge in [0.05, 0.1) is 26.4 Å². The molecule has 1 saturated heterocycles. The number of ether oxygens (including phenoxy) is 4. The summed E-state index contributed by atoms with van der Waals surface area (Å²) in [6.07, 6.45) is -2.06. The summed E-state index contributed by atoms with van der Waals surface area (Å²) < 4.78 is 24.3. The molecule has 1 heterocycles. The minimum absolute atomic E-state index is 0.0755. The summed E-state index contributed by atoms with van der Waals surface area (Å²) in [5, 5.41) is 22.9. The van der Waals surface area contributed by atoms with Crippen molar-refractivity contribution in [1.29, 1.82) is 0 Å². The Balaban J connectivity index is 1.52. The maximum Gasteiger partial charge on any atom is 0.198 e. The minimum Gasteiger partial charge on any atom is -0.387 e. The van der Waals surface area contributed by atoms with Gasteiger partial charge in [-0.25, -0.2) is 0 Å². The maximum atomic E-state index is 11.6. The third-order valence-corrected chi connectivity index (χ3v) is 6.20. The molecule has 0 aromatic heterocycles. The normalized spacial score (nSPS) is 25.9. The fourth-order valence-electron chi connectivity index (χ4n) is 4.36. The Hall–Kier alpha value is -2.84. The van der Waals surface area contributed by atoms with Crippen molar-refractivity contribution in [2.45, 2.75) is 56.4 Å². The highest BCUT2D eigenvalue weighted by Crippen LogP contribution is 2.36. The zero-order valence-electron chi connectivity index (χ0n) is 20.3. The minimum atomic E-state index is -1.75. The smallest absolute Gasteiger partial charge is 0.198 e. The first kappa shape index (κ1) is 26.2. The van der Waals surface area contributed by atoms with Crippen molar-refractivity contribution < 1.29 is 29.2 Å². The second-order valence-corrected chi connectivity index (χ2v) is 8.96. The quantitative estimate of drug-likeness (QED) is 0.367. The van der Waals surface area contributed by atoms with E-state index in [0.29, 0.717) is 6.61 Å². The molecule has 6 heteroatoms. The lowest BCUT2D eigenvalue weighted by atomic mass is 9.90. The molecule has 0 radical (unpaired) electrons. The van der Waals surface area contributed by atoms with Crippen LogP contribution in [0.25, 0.3) is 0 Å². The fourth-order valence-corrected chi connectivity index (χ4v) is 4.36. The van der Waals surface area contributed by atoms with Crippen LogP contribution in [0.3, 0.4) is 0 Å². The summed E-state index contributed by atoms with van der Waals surface area (Å²) in [5.41, 5.74) is 2.88. The molecule has 0 bridgehead atoms. The van der Waals surface area contributed by atoms with E-state index < -0.39 is 30.2 Å². The molecule has 2 N–H and O–H groups in total.